The molecule has 0 aromatic carbocycles. The second kappa shape index (κ2) is 3.90. The van der Waals surface area contributed by atoms with Gasteiger partial charge in [0.05, 0.1) is 0 Å². The van der Waals surface area contributed by atoms with Crippen LogP contribution in [0, 0.1) is 0 Å². The zero-order valence-electron chi connectivity index (χ0n) is 7.34. The normalized spacial score (nSPS) is 19.3. The molecule has 0 aromatic rings. The van der Waals surface area contributed by atoms with Gasteiger partial charge >= 0.3 is 0 Å². The summed E-state index contributed by atoms with van der Waals surface area (Å²) in [6, 6.07) is 0. The molecule has 1 saturated heterocycles. The Morgan fingerprint density at radius 3 is 2.00 bits per heavy atom. The third-order valence-corrected chi connectivity index (χ3v) is 2.68. The SMILES string of the molecule is CCN1CCCN(CC)C1=S. The van der Waals surface area contributed by atoms with E-state index in [4.69, 9.17) is 12.2 Å². The van der Waals surface area contributed by atoms with Crippen LogP contribution in [0.3, 0.4) is 0 Å². The van der Waals surface area contributed by atoms with Crippen LogP contribution in [0.1, 0.15) is 20.3 Å². The van der Waals surface area contributed by atoms with E-state index in [2.05, 4.69) is 23.6 Å². The van der Waals surface area contributed by atoms with Crippen molar-refractivity contribution < 1.29 is 0 Å². The average Bonchev–Trinajstić information content (AvgIpc) is 2.05. The molecule has 1 rings (SSSR count). The third-order valence-electron chi connectivity index (χ3n) is 2.16. The van der Waals surface area contributed by atoms with E-state index in [0.29, 0.717) is 0 Å². The molecule has 0 aliphatic carbocycles. The van der Waals surface area contributed by atoms with E-state index in [1.165, 1.54) is 6.42 Å². The van der Waals surface area contributed by atoms with Crippen molar-refractivity contribution in [2.45, 2.75) is 20.3 Å². The van der Waals surface area contributed by atoms with Crippen molar-refractivity contribution in [1.82, 2.24) is 9.80 Å². The van der Waals surface area contributed by atoms with Crippen molar-refractivity contribution in [3.63, 3.8) is 0 Å². The fraction of sp³-hybridized carbons (Fsp3) is 0.875. The fourth-order valence-corrected chi connectivity index (χ4v) is 1.87. The van der Waals surface area contributed by atoms with Gasteiger partial charge in [-0.1, -0.05) is 0 Å². The molecule has 0 aromatic heterocycles. The summed E-state index contributed by atoms with van der Waals surface area (Å²) >= 11 is 5.30. The first-order valence-corrected chi connectivity index (χ1v) is 4.74. The molecule has 64 valence electrons. The molecule has 0 radical (unpaired) electrons. The highest BCUT2D eigenvalue weighted by Gasteiger charge is 2.18. The molecular weight excluding hydrogens is 156 g/mol. The lowest BCUT2D eigenvalue weighted by molar-refractivity contribution is 0.281. The van der Waals surface area contributed by atoms with Crippen LogP contribution >= 0.6 is 12.2 Å². The van der Waals surface area contributed by atoms with Crippen molar-refractivity contribution >= 4 is 17.3 Å². The Kier molecular flexibility index (Phi) is 3.12. The molecule has 1 heterocycles. The number of rotatable bonds is 2. The summed E-state index contributed by atoms with van der Waals surface area (Å²) in [5.41, 5.74) is 0. The van der Waals surface area contributed by atoms with Gasteiger partial charge < -0.3 is 9.80 Å². The highest BCUT2D eigenvalue weighted by molar-refractivity contribution is 7.80. The van der Waals surface area contributed by atoms with Crippen molar-refractivity contribution in [3.8, 4) is 0 Å². The zero-order chi connectivity index (χ0) is 8.27. The van der Waals surface area contributed by atoms with Crippen molar-refractivity contribution in [2.24, 2.45) is 0 Å². The maximum Gasteiger partial charge on any atom is 0.171 e. The van der Waals surface area contributed by atoms with Gasteiger partial charge in [0.1, 0.15) is 0 Å². The first-order valence-electron chi connectivity index (χ1n) is 4.33. The van der Waals surface area contributed by atoms with Crippen LogP contribution in [0.15, 0.2) is 0 Å². The van der Waals surface area contributed by atoms with E-state index in [1.54, 1.807) is 0 Å². The highest BCUT2D eigenvalue weighted by atomic mass is 32.1. The monoisotopic (exact) mass is 172 g/mol. The number of nitrogens with zero attached hydrogens (tertiary/aromatic N) is 2. The van der Waals surface area contributed by atoms with Gasteiger partial charge in [0.2, 0.25) is 0 Å². The molecule has 2 nitrogen and oxygen atoms in total. The summed E-state index contributed by atoms with van der Waals surface area (Å²) < 4.78 is 0. The Labute approximate surface area is 74.2 Å². The fourth-order valence-electron chi connectivity index (χ4n) is 1.43. The largest absolute Gasteiger partial charge is 0.349 e. The van der Waals surface area contributed by atoms with Gasteiger partial charge in [-0.3, -0.25) is 0 Å². The van der Waals surface area contributed by atoms with E-state index >= 15 is 0 Å². The van der Waals surface area contributed by atoms with Gasteiger partial charge in [0, 0.05) is 26.2 Å². The van der Waals surface area contributed by atoms with Crippen molar-refractivity contribution in [3.05, 3.63) is 0 Å². The third kappa shape index (κ3) is 1.83. The molecule has 0 amide bonds. The number of hydrogen-bond acceptors (Lipinski definition) is 1. The molecule has 0 spiro atoms. The molecule has 0 unspecified atom stereocenters. The maximum atomic E-state index is 5.30. The number of hydrogen-bond donors (Lipinski definition) is 0. The van der Waals surface area contributed by atoms with Crippen LogP contribution < -0.4 is 0 Å². The Morgan fingerprint density at radius 2 is 1.64 bits per heavy atom. The smallest absolute Gasteiger partial charge is 0.171 e. The van der Waals surface area contributed by atoms with E-state index in [0.717, 1.165) is 31.3 Å². The van der Waals surface area contributed by atoms with Crippen molar-refractivity contribution in [2.75, 3.05) is 26.2 Å². The highest BCUT2D eigenvalue weighted by Crippen LogP contribution is 2.07. The van der Waals surface area contributed by atoms with Gasteiger partial charge in [-0.2, -0.15) is 0 Å². The van der Waals surface area contributed by atoms with Crippen LogP contribution in [-0.2, 0) is 0 Å². The van der Waals surface area contributed by atoms with E-state index < -0.39 is 0 Å². The Balaban J connectivity index is 2.52. The summed E-state index contributed by atoms with van der Waals surface area (Å²) in [4.78, 5) is 4.53. The zero-order valence-corrected chi connectivity index (χ0v) is 8.15. The molecule has 0 bridgehead atoms. The number of thiocarbonyl (C=S) groups is 1. The Bertz CT molecular complexity index is 133. The van der Waals surface area contributed by atoms with E-state index in [-0.39, 0.29) is 0 Å². The summed E-state index contributed by atoms with van der Waals surface area (Å²) in [6.07, 6.45) is 1.25. The van der Waals surface area contributed by atoms with Crippen LogP contribution in [0.5, 0.6) is 0 Å². The predicted octanol–water partition coefficient (Wildman–Crippen LogP) is 1.32. The molecule has 1 aliphatic rings. The van der Waals surface area contributed by atoms with Crippen molar-refractivity contribution in [1.29, 1.82) is 0 Å². The molecule has 1 aliphatic heterocycles. The molecule has 0 atom stereocenters. The van der Waals surface area contributed by atoms with Crippen LogP contribution in [0.2, 0.25) is 0 Å². The van der Waals surface area contributed by atoms with Gasteiger partial charge in [-0.05, 0) is 32.5 Å². The van der Waals surface area contributed by atoms with Crippen LogP contribution in [-0.4, -0.2) is 41.1 Å². The van der Waals surface area contributed by atoms with Gasteiger partial charge in [-0.25, -0.2) is 0 Å². The van der Waals surface area contributed by atoms with Gasteiger partial charge in [0.15, 0.2) is 5.11 Å². The maximum absolute atomic E-state index is 5.30. The Hall–Kier alpha value is -0.310. The molecule has 0 saturated carbocycles. The molecule has 0 N–H and O–H groups in total. The Morgan fingerprint density at radius 1 is 1.18 bits per heavy atom. The van der Waals surface area contributed by atoms with Crippen LogP contribution in [0.4, 0.5) is 0 Å². The minimum Gasteiger partial charge on any atom is -0.349 e. The molecular formula is C8H16N2S. The van der Waals surface area contributed by atoms with Gasteiger partial charge in [0.25, 0.3) is 0 Å². The predicted molar refractivity (Wildman–Crippen MR) is 51.7 cm³/mol. The summed E-state index contributed by atoms with van der Waals surface area (Å²) in [5.74, 6) is 0. The van der Waals surface area contributed by atoms with Crippen LogP contribution in [0.25, 0.3) is 0 Å². The molecule has 11 heavy (non-hydrogen) atoms. The van der Waals surface area contributed by atoms with E-state index in [1.807, 2.05) is 0 Å². The molecule has 3 heteroatoms. The second-order valence-electron chi connectivity index (χ2n) is 2.80. The summed E-state index contributed by atoms with van der Waals surface area (Å²) in [6.45, 7) is 8.71. The van der Waals surface area contributed by atoms with E-state index in [9.17, 15) is 0 Å². The average molecular weight is 172 g/mol. The topological polar surface area (TPSA) is 6.48 Å². The second-order valence-corrected chi connectivity index (χ2v) is 3.16. The lowest BCUT2D eigenvalue weighted by Gasteiger charge is -2.37. The minimum absolute atomic E-state index is 1.04. The summed E-state index contributed by atoms with van der Waals surface area (Å²) in [7, 11) is 0. The first kappa shape index (κ1) is 8.78. The lowest BCUT2D eigenvalue weighted by atomic mass is 10.3. The lowest BCUT2D eigenvalue weighted by Crippen LogP contribution is -2.48. The minimum atomic E-state index is 1.04. The van der Waals surface area contributed by atoms with Gasteiger partial charge in [-0.15, -0.1) is 0 Å². The summed E-state index contributed by atoms with van der Waals surface area (Å²) in [5, 5.41) is 1.04. The molecule has 1 fully saturated rings. The quantitative estimate of drug-likeness (QED) is 0.580. The standard InChI is InChI=1S/C8H16N2S/c1-3-9-6-5-7-10(4-2)8(9)11/h3-7H2,1-2H3. The first-order chi connectivity index (χ1) is 5.29.